The molecular formula is C24H28ClFO6. The molecule has 32 heavy (non-hydrogen) atoms. The maximum Gasteiger partial charge on any atom is 0.308 e. The highest BCUT2D eigenvalue weighted by atomic mass is 35.5. The Kier molecular flexibility index (Phi) is 5.16. The molecule has 174 valence electrons. The van der Waals surface area contributed by atoms with Gasteiger partial charge in [0, 0.05) is 29.2 Å². The lowest BCUT2D eigenvalue weighted by Gasteiger charge is -2.61. The van der Waals surface area contributed by atoms with E-state index in [9.17, 15) is 24.6 Å². The van der Waals surface area contributed by atoms with Gasteiger partial charge in [0.25, 0.3) is 0 Å². The average Bonchev–Trinajstić information content (AvgIpc) is 2.92. The number of halogens is 2. The number of carbonyl (C=O) groups excluding carboxylic acids is 3. The summed E-state index contributed by atoms with van der Waals surface area (Å²) in [6.45, 7) is 5.50. The van der Waals surface area contributed by atoms with Gasteiger partial charge in [-0.15, -0.1) is 11.6 Å². The molecule has 0 aliphatic heterocycles. The Morgan fingerprint density at radius 2 is 2.00 bits per heavy atom. The quantitative estimate of drug-likeness (QED) is 0.490. The number of ketones is 2. The summed E-state index contributed by atoms with van der Waals surface area (Å²) in [5.74, 6) is -3.19. The number of aliphatic hydroxyl groups excluding tert-OH is 1. The summed E-state index contributed by atoms with van der Waals surface area (Å²) in [5.41, 5.74) is -3.94. The lowest BCUT2D eigenvalue weighted by molar-refractivity contribution is -0.171. The Labute approximate surface area is 191 Å². The van der Waals surface area contributed by atoms with Crippen molar-refractivity contribution in [3.05, 3.63) is 35.6 Å². The molecular weight excluding hydrogens is 439 g/mol. The fourth-order valence-electron chi connectivity index (χ4n) is 6.99. The number of carbonyl (C=O) groups is 3. The normalized spacial score (nSPS) is 47.1. The summed E-state index contributed by atoms with van der Waals surface area (Å²) >= 11 is 7.20. The fraction of sp³-hybridized carbons (Fsp3) is 0.625. The topological polar surface area (TPSA) is 101 Å². The van der Waals surface area contributed by atoms with Crippen molar-refractivity contribution in [3.8, 4) is 0 Å². The van der Waals surface area contributed by atoms with Crippen LogP contribution in [0.4, 0.5) is 4.39 Å². The number of fused-ring (bicyclic) bond motifs is 5. The van der Waals surface area contributed by atoms with Crippen LogP contribution in [0.5, 0.6) is 0 Å². The first-order valence-corrected chi connectivity index (χ1v) is 11.2. The smallest absolute Gasteiger partial charge is 0.308 e. The zero-order valence-electron chi connectivity index (χ0n) is 18.5. The van der Waals surface area contributed by atoms with Crippen molar-refractivity contribution in [2.24, 2.45) is 28.6 Å². The molecule has 0 saturated heterocycles. The molecule has 0 aromatic rings. The molecule has 0 radical (unpaired) electrons. The van der Waals surface area contributed by atoms with Crippen LogP contribution in [-0.4, -0.2) is 51.0 Å². The predicted molar refractivity (Wildman–Crippen MR) is 114 cm³/mol. The van der Waals surface area contributed by atoms with Crippen LogP contribution in [0.25, 0.3) is 0 Å². The van der Waals surface area contributed by atoms with Crippen LogP contribution in [0.3, 0.4) is 0 Å². The third-order valence-electron chi connectivity index (χ3n) is 8.63. The maximum absolute atomic E-state index is 16.2. The zero-order chi connectivity index (χ0) is 23.9. The van der Waals surface area contributed by atoms with Crippen molar-refractivity contribution in [1.29, 1.82) is 0 Å². The van der Waals surface area contributed by atoms with Gasteiger partial charge in [-0.05, 0) is 42.9 Å². The number of esters is 1. The Hall–Kier alpha value is -1.83. The molecule has 2 saturated carbocycles. The van der Waals surface area contributed by atoms with E-state index in [0.717, 1.165) is 0 Å². The number of aliphatic hydroxyl groups is 2. The second-order valence-electron chi connectivity index (χ2n) is 10.1. The summed E-state index contributed by atoms with van der Waals surface area (Å²) < 4.78 is 21.7. The van der Waals surface area contributed by atoms with E-state index < -0.39 is 63.6 Å². The minimum Gasteiger partial charge on any atom is -0.427 e. The number of hydrogen-bond acceptors (Lipinski definition) is 6. The van der Waals surface area contributed by atoms with Crippen LogP contribution in [0.15, 0.2) is 35.6 Å². The van der Waals surface area contributed by atoms with E-state index in [1.807, 2.05) is 0 Å². The Bertz CT molecular complexity index is 1000. The summed E-state index contributed by atoms with van der Waals surface area (Å²) in [5, 5.41) is 21.1. The minimum absolute atomic E-state index is 0.145. The first kappa shape index (κ1) is 23.3. The fourth-order valence-corrected chi connectivity index (χ4v) is 7.45. The number of rotatable bonds is 3. The first-order valence-electron chi connectivity index (χ1n) is 10.8. The molecule has 6 nitrogen and oxygen atoms in total. The minimum atomic E-state index is -1.92. The third kappa shape index (κ3) is 2.62. The van der Waals surface area contributed by atoms with Crippen molar-refractivity contribution in [2.45, 2.75) is 57.2 Å². The molecule has 0 spiro atoms. The third-order valence-corrected chi connectivity index (χ3v) is 9.51. The van der Waals surface area contributed by atoms with E-state index in [1.165, 1.54) is 19.1 Å². The van der Waals surface area contributed by atoms with E-state index >= 15 is 4.39 Å². The van der Waals surface area contributed by atoms with Crippen molar-refractivity contribution < 1.29 is 33.7 Å². The number of alkyl halides is 2. The van der Waals surface area contributed by atoms with Gasteiger partial charge < -0.3 is 14.9 Å². The van der Waals surface area contributed by atoms with Crippen LogP contribution in [0.1, 0.15) is 40.5 Å². The number of Topliss-reactive ketones (excluding diaryl/α,β-unsaturated/α-hetero) is 1. The Balaban J connectivity index is 1.96. The van der Waals surface area contributed by atoms with Gasteiger partial charge in [-0.3, -0.25) is 14.4 Å². The molecule has 4 aliphatic carbocycles. The standard InChI is InChI=1S/C24H28ClFO6/c1-12-7-15-16-9-18(32-13(2)28)17-8-14(29)5-6-21(17,3)23(16,25)19(26)10-22(15,4)24(12,31)20(30)11-27/h5-6,8-9,12,15-16,19,27,31H,7,10-11H2,1-4H3/t12?,15-,16-,19?,21-,22-,23-,24-/m0/s1. The molecule has 0 heterocycles. The van der Waals surface area contributed by atoms with Crippen molar-refractivity contribution in [1.82, 2.24) is 0 Å². The predicted octanol–water partition coefficient (Wildman–Crippen LogP) is 2.81. The van der Waals surface area contributed by atoms with Gasteiger partial charge >= 0.3 is 5.97 Å². The largest absolute Gasteiger partial charge is 0.427 e. The van der Waals surface area contributed by atoms with Gasteiger partial charge in [-0.1, -0.05) is 26.8 Å². The maximum atomic E-state index is 16.2. The van der Waals surface area contributed by atoms with E-state index in [-0.39, 0.29) is 18.0 Å². The van der Waals surface area contributed by atoms with Crippen LogP contribution in [0, 0.1) is 28.6 Å². The van der Waals surface area contributed by atoms with Crippen molar-refractivity contribution in [3.63, 3.8) is 0 Å². The van der Waals surface area contributed by atoms with Gasteiger partial charge in [0.15, 0.2) is 11.6 Å². The van der Waals surface area contributed by atoms with Gasteiger partial charge in [-0.2, -0.15) is 0 Å². The zero-order valence-corrected chi connectivity index (χ0v) is 19.3. The summed E-state index contributed by atoms with van der Waals surface area (Å²) in [6.07, 6.45) is 4.33. The second kappa shape index (κ2) is 7.08. The molecule has 4 aliphatic rings. The van der Waals surface area contributed by atoms with Gasteiger partial charge in [-0.25, -0.2) is 4.39 Å². The highest BCUT2D eigenvalue weighted by molar-refractivity contribution is 6.26. The first-order chi connectivity index (χ1) is 14.8. The highest BCUT2D eigenvalue weighted by Crippen LogP contribution is 2.71. The lowest BCUT2D eigenvalue weighted by Crippen LogP contribution is -2.67. The molecule has 0 aromatic heterocycles. The SMILES string of the molecule is CC(=O)OC1=C[C@H]2[C@@H]3CC(C)[C@](O)(C(=O)CO)[C@@]3(C)CC(F)[C@]2(Cl)[C@@]2(C)C=CC(=O)C=C12. The molecule has 2 fully saturated rings. The van der Waals surface area contributed by atoms with Crippen LogP contribution in [-0.2, 0) is 19.1 Å². The molecule has 0 aromatic carbocycles. The average molecular weight is 467 g/mol. The number of ether oxygens (including phenoxy) is 1. The molecule has 8 atom stereocenters. The van der Waals surface area contributed by atoms with Gasteiger partial charge in [0.2, 0.25) is 0 Å². The Morgan fingerprint density at radius 1 is 1.34 bits per heavy atom. The van der Waals surface area contributed by atoms with E-state index in [2.05, 4.69) is 0 Å². The van der Waals surface area contributed by atoms with Gasteiger partial charge in [0.05, 0.1) is 4.87 Å². The summed E-state index contributed by atoms with van der Waals surface area (Å²) in [4.78, 5) is 35.1. The molecule has 2 unspecified atom stereocenters. The molecule has 0 amide bonds. The van der Waals surface area contributed by atoms with Gasteiger partial charge in [0.1, 0.15) is 24.1 Å². The number of allylic oxidation sites excluding steroid dienone is 5. The number of hydrogen-bond donors (Lipinski definition) is 2. The van der Waals surface area contributed by atoms with E-state index in [4.69, 9.17) is 16.3 Å². The summed E-state index contributed by atoms with van der Waals surface area (Å²) in [7, 11) is 0. The van der Waals surface area contributed by atoms with Crippen LogP contribution >= 0.6 is 11.6 Å². The lowest BCUT2D eigenvalue weighted by atomic mass is 9.47. The molecule has 0 bridgehead atoms. The molecule has 4 rings (SSSR count). The summed E-state index contributed by atoms with van der Waals surface area (Å²) in [6, 6.07) is 0. The second-order valence-corrected chi connectivity index (χ2v) is 10.7. The van der Waals surface area contributed by atoms with E-state index in [1.54, 1.807) is 32.9 Å². The highest BCUT2D eigenvalue weighted by Gasteiger charge is 2.75. The van der Waals surface area contributed by atoms with Crippen molar-refractivity contribution in [2.75, 3.05) is 6.61 Å². The molecule has 8 heteroatoms. The van der Waals surface area contributed by atoms with Crippen molar-refractivity contribution >= 4 is 29.1 Å². The molecule has 2 N–H and O–H groups in total. The monoisotopic (exact) mass is 466 g/mol. The Morgan fingerprint density at radius 3 is 2.59 bits per heavy atom. The van der Waals surface area contributed by atoms with E-state index in [0.29, 0.717) is 12.0 Å². The van der Waals surface area contributed by atoms with Crippen LogP contribution in [0.2, 0.25) is 0 Å². The van der Waals surface area contributed by atoms with Crippen LogP contribution < -0.4 is 0 Å².